The molecule has 2 aromatic heterocycles. The van der Waals surface area contributed by atoms with Crippen molar-refractivity contribution >= 4 is 17.9 Å². The van der Waals surface area contributed by atoms with Gasteiger partial charge in [-0.05, 0) is 40.0 Å². The highest BCUT2D eigenvalue weighted by molar-refractivity contribution is 7.98. The minimum atomic E-state index is -4.81. The Labute approximate surface area is 255 Å². The number of rotatable bonds is 6. The number of thioether (sulfide) groups is 1. The van der Waals surface area contributed by atoms with E-state index in [1.54, 1.807) is 27.0 Å². The summed E-state index contributed by atoms with van der Waals surface area (Å²) in [6, 6.07) is 9.36. The molecule has 0 bridgehead atoms. The molecule has 5 rings (SSSR count). The van der Waals surface area contributed by atoms with E-state index >= 15 is 0 Å². The van der Waals surface area contributed by atoms with Gasteiger partial charge in [0, 0.05) is 16.7 Å². The topological polar surface area (TPSA) is 142 Å². The van der Waals surface area contributed by atoms with E-state index in [1.165, 1.54) is 24.8 Å². The molecule has 1 unspecified atom stereocenters. The zero-order chi connectivity index (χ0) is 31.8. The summed E-state index contributed by atoms with van der Waals surface area (Å²) in [5.74, 6) is 0.0329. The average molecular weight is 639 g/mol. The van der Waals surface area contributed by atoms with E-state index in [9.17, 15) is 23.1 Å². The number of hydrazine groups is 1. The van der Waals surface area contributed by atoms with Crippen LogP contribution >= 0.6 is 11.8 Å². The molecule has 16 heteroatoms. The summed E-state index contributed by atoms with van der Waals surface area (Å²) < 4.78 is 66.9. The summed E-state index contributed by atoms with van der Waals surface area (Å²) in [5, 5.41) is 15.9. The summed E-state index contributed by atoms with van der Waals surface area (Å²) in [6.07, 6.45) is -8.14. The van der Waals surface area contributed by atoms with Crippen LogP contribution in [0.25, 0.3) is 5.69 Å². The molecule has 2 aliphatic heterocycles. The van der Waals surface area contributed by atoms with Gasteiger partial charge in [0.2, 0.25) is 0 Å². The summed E-state index contributed by atoms with van der Waals surface area (Å²) in [5.41, 5.74) is 3.60. The van der Waals surface area contributed by atoms with Gasteiger partial charge in [-0.2, -0.15) is 18.3 Å². The quantitative estimate of drug-likeness (QED) is 0.266. The van der Waals surface area contributed by atoms with E-state index in [0.29, 0.717) is 4.90 Å². The smallest absolute Gasteiger partial charge is 0.435 e. The number of halogens is 3. The summed E-state index contributed by atoms with van der Waals surface area (Å²) in [6.45, 7) is 6.59. The minimum Gasteiger partial charge on any atom is -0.443 e. The number of amides is 1. The van der Waals surface area contributed by atoms with Gasteiger partial charge < -0.3 is 24.1 Å². The summed E-state index contributed by atoms with van der Waals surface area (Å²) in [4.78, 5) is 21.0. The van der Waals surface area contributed by atoms with Crippen molar-refractivity contribution in [3.8, 4) is 5.69 Å². The first-order chi connectivity index (χ1) is 20.7. The number of carbonyl (C=O) groups excluding carboxylic acids is 1. The number of benzene rings is 1. The Balaban J connectivity index is 1.51. The van der Waals surface area contributed by atoms with Crippen LogP contribution in [0.4, 0.5) is 18.0 Å². The number of hydrogen-bond donors (Lipinski definition) is 3. The molecule has 3 N–H and O–H groups in total. The van der Waals surface area contributed by atoms with E-state index in [1.807, 2.05) is 30.3 Å². The highest BCUT2D eigenvalue weighted by Crippen LogP contribution is 2.40. The van der Waals surface area contributed by atoms with Gasteiger partial charge in [0.15, 0.2) is 17.8 Å². The second kappa shape index (κ2) is 12.6. The van der Waals surface area contributed by atoms with Gasteiger partial charge in [0.05, 0.1) is 18.3 Å². The number of nitrogens with zero attached hydrogens (tertiary/aromatic N) is 4. The van der Waals surface area contributed by atoms with Crippen molar-refractivity contribution in [2.75, 3.05) is 12.9 Å². The largest absolute Gasteiger partial charge is 0.443 e. The van der Waals surface area contributed by atoms with Crippen molar-refractivity contribution in [2.45, 2.75) is 81.1 Å². The molecule has 0 aliphatic carbocycles. The Bertz CT molecular complexity index is 1470. The number of ether oxygens (including phenoxy) is 4. The summed E-state index contributed by atoms with van der Waals surface area (Å²) in [7, 11) is 0. The molecule has 4 heterocycles. The van der Waals surface area contributed by atoms with Crippen molar-refractivity contribution in [1.82, 2.24) is 30.6 Å². The van der Waals surface area contributed by atoms with Crippen LogP contribution < -0.4 is 10.9 Å². The molecule has 2 saturated heterocycles. The van der Waals surface area contributed by atoms with Crippen LogP contribution in [0, 0.1) is 6.92 Å². The predicted octanol–water partition coefficient (Wildman–Crippen LogP) is 4.02. The molecule has 0 saturated carbocycles. The molecule has 1 aromatic carbocycles. The lowest BCUT2D eigenvalue weighted by Gasteiger charge is -2.48. The zero-order valence-electron chi connectivity index (χ0n) is 24.5. The Hall–Kier alpha value is -3.28. The molecule has 2 aliphatic rings. The molecule has 0 spiro atoms. The number of alkyl halides is 3. The monoisotopic (exact) mass is 638 g/mol. The van der Waals surface area contributed by atoms with E-state index in [-0.39, 0.29) is 23.9 Å². The molecule has 3 aromatic rings. The average Bonchev–Trinajstić information content (AvgIpc) is 3.36. The van der Waals surface area contributed by atoms with Crippen LogP contribution in [0.3, 0.4) is 0 Å². The number of pyridine rings is 1. The number of nitrogens with one attached hydrogen (secondary N) is 2. The molecule has 2 fully saturated rings. The Morgan fingerprint density at radius 2 is 1.91 bits per heavy atom. The van der Waals surface area contributed by atoms with Crippen LogP contribution in [-0.2, 0) is 25.1 Å². The SMILES string of the molecule is CSc1cnc(C(F)(F)F)c(-n2nc(C)nc2[C@@H]2O[C@@H]3COC(c4ccccc4)O[C@@H]3[C@H](NNC(=O)OC(C)(C)C)[C@H]2O)c1. The minimum absolute atomic E-state index is 0.00248. The van der Waals surface area contributed by atoms with E-state index < -0.39 is 60.3 Å². The fourth-order valence-electron chi connectivity index (χ4n) is 4.96. The third-order valence-corrected chi connectivity index (χ3v) is 7.49. The molecule has 6 atom stereocenters. The zero-order valence-corrected chi connectivity index (χ0v) is 25.3. The Morgan fingerprint density at radius 1 is 1.18 bits per heavy atom. The second-order valence-electron chi connectivity index (χ2n) is 11.2. The van der Waals surface area contributed by atoms with Crippen LogP contribution in [0.15, 0.2) is 47.5 Å². The molecular weight excluding hydrogens is 605 g/mol. The van der Waals surface area contributed by atoms with Crippen LogP contribution in [0.1, 0.15) is 56.1 Å². The third kappa shape index (κ3) is 7.00. The predicted molar refractivity (Wildman–Crippen MR) is 151 cm³/mol. The van der Waals surface area contributed by atoms with Crippen molar-refractivity contribution in [2.24, 2.45) is 0 Å². The van der Waals surface area contributed by atoms with Crippen molar-refractivity contribution in [3.63, 3.8) is 0 Å². The number of aliphatic hydroxyl groups is 1. The third-order valence-electron chi connectivity index (χ3n) is 6.79. The second-order valence-corrected chi connectivity index (χ2v) is 12.1. The van der Waals surface area contributed by atoms with Gasteiger partial charge in [0.1, 0.15) is 35.8 Å². The normalized spacial score (nSPS) is 25.8. The lowest BCUT2D eigenvalue weighted by molar-refractivity contribution is -0.313. The first-order valence-corrected chi connectivity index (χ1v) is 14.9. The maximum Gasteiger partial charge on any atom is 0.435 e. The fraction of sp³-hybridized carbons (Fsp3) is 0.500. The van der Waals surface area contributed by atoms with Crippen molar-refractivity contribution < 1.29 is 42.0 Å². The number of hydrogen-bond acceptors (Lipinski definition) is 11. The molecule has 44 heavy (non-hydrogen) atoms. The molecule has 1 amide bonds. The van der Waals surface area contributed by atoms with E-state index in [2.05, 4.69) is 25.9 Å². The van der Waals surface area contributed by atoms with Crippen LogP contribution in [0.2, 0.25) is 0 Å². The number of aromatic nitrogens is 4. The highest BCUT2D eigenvalue weighted by Gasteiger charge is 2.52. The first kappa shape index (κ1) is 32.1. The Kier molecular flexibility index (Phi) is 9.21. The maximum atomic E-state index is 14.1. The molecule has 12 nitrogen and oxygen atoms in total. The van der Waals surface area contributed by atoms with E-state index in [4.69, 9.17) is 18.9 Å². The highest BCUT2D eigenvalue weighted by atomic mass is 32.2. The molecule has 238 valence electrons. The lowest BCUT2D eigenvalue weighted by atomic mass is 9.91. The summed E-state index contributed by atoms with van der Waals surface area (Å²) >= 11 is 1.21. The number of aliphatic hydroxyl groups excluding tert-OH is 1. The van der Waals surface area contributed by atoms with Crippen LogP contribution in [0.5, 0.6) is 0 Å². The molecular formula is C28H33F3N6O6S. The Morgan fingerprint density at radius 3 is 2.57 bits per heavy atom. The number of fused-ring (bicyclic) bond motifs is 1. The van der Waals surface area contributed by atoms with Gasteiger partial charge in [-0.25, -0.2) is 24.9 Å². The van der Waals surface area contributed by atoms with Gasteiger partial charge in [0.25, 0.3) is 0 Å². The first-order valence-electron chi connectivity index (χ1n) is 13.7. The molecule has 0 radical (unpaired) electrons. The van der Waals surface area contributed by atoms with E-state index in [0.717, 1.165) is 16.4 Å². The fourth-order valence-corrected chi connectivity index (χ4v) is 5.35. The lowest BCUT2D eigenvalue weighted by Crippen LogP contribution is -2.66. The van der Waals surface area contributed by atoms with Gasteiger partial charge in [-0.3, -0.25) is 5.43 Å². The van der Waals surface area contributed by atoms with Gasteiger partial charge >= 0.3 is 12.3 Å². The van der Waals surface area contributed by atoms with Gasteiger partial charge in [-0.15, -0.1) is 11.8 Å². The standard InChI is InChI=1S/C28H33F3N6O6S/c1-14-33-24(37(36-14)17-11-16(44-5)12-32-23(17)28(29,30)31)22-20(38)19(34-35-26(39)43-27(2,3)4)21-18(41-22)13-40-25(42-21)15-9-7-6-8-10-15/h6-12,18-22,25,34,38H,13H2,1-5H3,(H,35,39)/t18-,19-,20-,21+,22-,25?/m1/s1. The number of carbonyl (C=O) groups is 1. The number of aryl methyl sites for hydroxylation is 1. The van der Waals surface area contributed by atoms with Gasteiger partial charge in [-0.1, -0.05) is 30.3 Å². The van der Waals surface area contributed by atoms with Crippen molar-refractivity contribution in [3.05, 3.63) is 65.5 Å². The van der Waals surface area contributed by atoms with Crippen LogP contribution in [-0.4, -0.2) is 73.8 Å². The van der Waals surface area contributed by atoms with Crippen molar-refractivity contribution in [1.29, 1.82) is 0 Å². The maximum absolute atomic E-state index is 14.1.